The SMILES string of the molecule is CC(C)NC(C)(C#N)CCCCN(C)c1ccccc1. The van der Waals surface area contributed by atoms with Gasteiger partial charge in [-0.2, -0.15) is 5.26 Å². The van der Waals surface area contributed by atoms with Gasteiger partial charge in [0, 0.05) is 25.3 Å². The Morgan fingerprint density at radius 3 is 2.45 bits per heavy atom. The van der Waals surface area contributed by atoms with Crippen LogP contribution >= 0.6 is 0 Å². The smallest absolute Gasteiger partial charge is 0.104 e. The fraction of sp³-hybridized carbons (Fsp3) is 0.588. The van der Waals surface area contributed by atoms with Gasteiger partial charge in [-0.05, 0) is 52.2 Å². The van der Waals surface area contributed by atoms with Crippen molar-refractivity contribution in [1.82, 2.24) is 5.32 Å². The molecule has 0 aliphatic heterocycles. The Kier molecular flexibility index (Phi) is 6.54. The summed E-state index contributed by atoms with van der Waals surface area (Å²) in [5.41, 5.74) is 0.843. The van der Waals surface area contributed by atoms with E-state index < -0.39 is 5.54 Å². The van der Waals surface area contributed by atoms with Gasteiger partial charge in [-0.15, -0.1) is 0 Å². The van der Waals surface area contributed by atoms with Crippen molar-refractivity contribution in [3.63, 3.8) is 0 Å². The third kappa shape index (κ3) is 5.63. The minimum atomic E-state index is -0.403. The van der Waals surface area contributed by atoms with Crippen LogP contribution < -0.4 is 10.2 Å². The highest BCUT2D eigenvalue weighted by molar-refractivity contribution is 5.44. The molecule has 3 heteroatoms. The molecule has 20 heavy (non-hydrogen) atoms. The lowest BCUT2D eigenvalue weighted by Gasteiger charge is -2.26. The maximum absolute atomic E-state index is 9.30. The molecule has 1 unspecified atom stereocenters. The van der Waals surface area contributed by atoms with Gasteiger partial charge in [-0.25, -0.2) is 0 Å². The Hall–Kier alpha value is -1.53. The molecule has 0 aliphatic rings. The lowest BCUT2D eigenvalue weighted by molar-refractivity contribution is 0.370. The Bertz CT molecular complexity index is 422. The molecule has 0 fully saturated rings. The van der Waals surface area contributed by atoms with E-state index in [1.807, 2.05) is 13.0 Å². The van der Waals surface area contributed by atoms with E-state index in [4.69, 9.17) is 0 Å². The van der Waals surface area contributed by atoms with Gasteiger partial charge in [0.1, 0.15) is 5.54 Å². The summed E-state index contributed by atoms with van der Waals surface area (Å²) in [7, 11) is 2.12. The molecule has 1 rings (SSSR count). The molecule has 0 saturated heterocycles. The first-order valence-electron chi connectivity index (χ1n) is 7.42. The van der Waals surface area contributed by atoms with Crippen molar-refractivity contribution < 1.29 is 0 Å². The van der Waals surface area contributed by atoms with Crippen LogP contribution in [-0.4, -0.2) is 25.2 Å². The Labute approximate surface area is 123 Å². The minimum Gasteiger partial charge on any atom is -0.375 e. The fourth-order valence-corrected chi connectivity index (χ4v) is 2.44. The summed E-state index contributed by atoms with van der Waals surface area (Å²) in [5, 5.41) is 12.6. The summed E-state index contributed by atoms with van der Waals surface area (Å²) in [5.74, 6) is 0. The number of rotatable bonds is 8. The van der Waals surface area contributed by atoms with Gasteiger partial charge in [-0.3, -0.25) is 5.32 Å². The normalized spacial score (nSPS) is 13.8. The van der Waals surface area contributed by atoms with Crippen LogP contribution in [0.4, 0.5) is 5.69 Å². The first-order valence-corrected chi connectivity index (χ1v) is 7.42. The molecule has 0 radical (unpaired) electrons. The highest BCUT2D eigenvalue weighted by Gasteiger charge is 2.23. The molecule has 1 N–H and O–H groups in total. The molecule has 0 spiro atoms. The zero-order valence-corrected chi connectivity index (χ0v) is 13.2. The summed E-state index contributed by atoms with van der Waals surface area (Å²) < 4.78 is 0. The molecular weight excluding hydrogens is 246 g/mol. The average molecular weight is 273 g/mol. The summed E-state index contributed by atoms with van der Waals surface area (Å²) in [6.45, 7) is 7.18. The highest BCUT2D eigenvalue weighted by atomic mass is 15.1. The maximum atomic E-state index is 9.30. The van der Waals surface area contributed by atoms with Crippen LogP contribution in [0.3, 0.4) is 0 Å². The zero-order chi connectivity index (χ0) is 15.0. The van der Waals surface area contributed by atoms with Gasteiger partial charge >= 0.3 is 0 Å². The molecule has 1 atom stereocenters. The van der Waals surface area contributed by atoms with Crippen molar-refractivity contribution >= 4 is 5.69 Å². The number of benzene rings is 1. The van der Waals surface area contributed by atoms with E-state index in [1.165, 1.54) is 5.69 Å². The van der Waals surface area contributed by atoms with Gasteiger partial charge in [0.15, 0.2) is 0 Å². The van der Waals surface area contributed by atoms with Crippen LogP contribution in [0, 0.1) is 11.3 Å². The molecule has 0 amide bonds. The summed E-state index contributed by atoms with van der Waals surface area (Å²) in [4.78, 5) is 2.26. The van der Waals surface area contributed by atoms with Crippen molar-refractivity contribution in [1.29, 1.82) is 5.26 Å². The second-order valence-electron chi connectivity index (χ2n) is 5.96. The predicted molar refractivity (Wildman–Crippen MR) is 85.9 cm³/mol. The number of hydrogen-bond acceptors (Lipinski definition) is 3. The monoisotopic (exact) mass is 273 g/mol. The largest absolute Gasteiger partial charge is 0.375 e. The van der Waals surface area contributed by atoms with Crippen LogP contribution in [-0.2, 0) is 0 Å². The van der Waals surface area contributed by atoms with Crippen molar-refractivity contribution in [3.05, 3.63) is 30.3 Å². The summed E-state index contributed by atoms with van der Waals surface area (Å²) >= 11 is 0. The van der Waals surface area contributed by atoms with Crippen LogP contribution in [0.5, 0.6) is 0 Å². The van der Waals surface area contributed by atoms with E-state index >= 15 is 0 Å². The van der Waals surface area contributed by atoms with Crippen LogP contribution in [0.1, 0.15) is 40.0 Å². The third-order valence-electron chi connectivity index (χ3n) is 3.47. The minimum absolute atomic E-state index is 0.339. The third-order valence-corrected chi connectivity index (χ3v) is 3.47. The average Bonchev–Trinajstić information content (AvgIpc) is 2.43. The predicted octanol–water partition coefficient (Wildman–Crippen LogP) is 3.57. The molecule has 1 aromatic rings. The summed E-state index contributed by atoms with van der Waals surface area (Å²) in [6, 6.07) is 13.2. The van der Waals surface area contributed by atoms with Crippen LogP contribution in [0.15, 0.2) is 30.3 Å². The first-order chi connectivity index (χ1) is 9.47. The number of hydrogen-bond donors (Lipinski definition) is 1. The molecule has 3 nitrogen and oxygen atoms in total. The van der Waals surface area contributed by atoms with Gasteiger partial charge in [-0.1, -0.05) is 18.2 Å². The van der Waals surface area contributed by atoms with E-state index in [0.717, 1.165) is 25.8 Å². The van der Waals surface area contributed by atoms with E-state index in [9.17, 15) is 5.26 Å². The lowest BCUT2D eigenvalue weighted by atomic mass is 9.95. The molecule has 0 heterocycles. The number of nitrogens with one attached hydrogen (secondary N) is 1. The van der Waals surface area contributed by atoms with Crippen molar-refractivity contribution in [3.8, 4) is 6.07 Å². The topological polar surface area (TPSA) is 39.1 Å². The number of para-hydroxylation sites is 1. The Morgan fingerprint density at radius 2 is 1.90 bits per heavy atom. The molecule has 0 saturated carbocycles. The Morgan fingerprint density at radius 1 is 1.25 bits per heavy atom. The molecular formula is C17H27N3. The van der Waals surface area contributed by atoms with E-state index in [2.05, 4.69) is 61.4 Å². The second-order valence-corrected chi connectivity index (χ2v) is 5.96. The molecule has 0 bridgehead atoms. The van der Waals surface area contributed by atoms with Crippen LogP contribution in [0.25, 0.3) is 0 Å². The number of nitriles is 1. The quantitative estimate of drug-likeness (QED) is 0.736. The van der Waals surface area contributed by atoms with Crippen LogP contribution in [0.2, 0.25) is 0 Å². The summed E-state index contributed by atoms with van der Waals surface area (Å²) in [6.07, 6.45) is 3.05. The van der Waals surface area contributed by atoms with Gasteiger partial charge < -0.3 is 4.90 Å². The number of unbranched alkanes of at least 4 members (excludes halogenated alkanes) is 1. The standard InChI is InChI=1S/C17H27N3/c1-15(2)19-17(3,14-18)12-8-9-13-20(4)16-10-6-5-7-11-16/h5-7,10-11,15,19H,8-9,12-13H2,1-4H3. The van der Waals surface area contributed by atoms with Gasteiger partial charge in [0.25, 0.3) is 0 Å². The van der Waals surface area contributed by atoms with E-state index in [1.54, 1.807) is 0 Å². The van der Waals surface area contributed by atoms with E-state index in [-0.39, 0.29) is 0 Å². The van der Waals surface area contributed by atoms with Gasteiger partial charge in [0.2, 0.25) is 0 Å². The number of nitrogens with zero attached hydrogens (tertiary/aromatic N) is 2. The van der Waals surface area contributed by atoms with Crippen molar-refractivity contribution in [2.75, 3.05) is 18.5 Å². The highest BCUT2D eigenvalue weighted by Crippen LogP contribution is 2.16. The van der Waals surface area contributed by atoms with Crippen molar-refractivity contribution in [2.24, 2.45) is 0 Å². The lowest BCUT2D eigenvalue weighted by Crippen LogP contribution is -2.44. The number of anilines is 1. The zero-order valence-electron chi connectivity index (χ0n) is 13.2. The fourth-order valence-electron chi connectivity index (χ4n) is 2.44. The second kappa shape index (κ2) is 7.91. The molecule has 1 aromatic carbocycles. The molecule has 110 valence electrons. The molecule has 0 aromatic heterocycles. The van der Waals surface area contributed by atoms with Crippen molar-refractivity contribution in [2.45, 2.75) is 51.6 Å². The Balaban J connectivity index is 2.33. The molecule has 0 aliphatic carbocycles. The maximum Gasteiger partial charge on any atom is 0.104 e. The van der Waals surface area contributed by atoms with E-state index in [0.29, 0.717) is 6.04 Å². The van der Waals surface area contributed by atoms with Gasteiger partial charge in [0.05, 0.1) is 6.07 Å². The first kappa shape index (κ1) is 16.5.